The van der Waals surface area contributed by atoms with Gasteiger partial charge in [0.05, 0.1) is 6.42 Å². The van der Waals surface area contributed by atoms with Crippen molar-refractivity contribution < 1.29 is 13.2 Å². The lowest BCUT2D eigenvalue weighted by Crippen LogP contribution is -2.14. The highest BCUT2D eigenvalue weighted by atomic mass is 35.5. The largest absolute Gasteiger partial charge is 0.390 e. The van der Waals surface area contributed by atoms with Crippen molar-refractivity contribution >= 4 is 17.3 Å². The molecule has 15 heavy (non-hydrogen) atoms. The summed E-state index contributed by atoms with van der Waals surface area (Å²) in [7, 11) is 0. The number of benzene rings is 1. The zero-order valence-corrected chi connectivity index (χ0v) is 8.91. The molecular formula is C10H11ClF3N. The Morgan fingerprint density at radius 2 is 2.00 bits per heavy atom. The molecule has 0 atom stereocenters. The summed E-state index contributed by atoms with van der Waals surface area (Å²) in [5.74, 6) is 0. The molecule has 0 aliphatic heterocycles. The standard InChI is InChI=1S/C10H11ClF3N/c1-7-2-3-8(6-9(7)11)15-5-4-10(12,13)14/h2-3,6,15H,4-5H2,1H3. The van der Waals surface area contributed by atoms with Crippen LogP contribution >= 0.6 is 11.6 Å². The van der Waals surface area contributed by atoms with Crippen molar-refractivity contribution in [2.45, 2.75) is 19.5 Å². The van der Waals surface area contributed by atoms with Crippen molar-refractivity contribution in [2.24, 2.45) is 0 Å². The third kappa shape index (κ3) is 4.42. The summed E-state index contributed by atoms with van der Waals surface area (Å²) in [6, 6.07) is 5.09. The van der Waals surface area contributed by atoms with E-state index in [9.17, 15) is 13.2 Å². The lowest BCUT2D eigenvalue weighted by atomic mass is 10.2. The average Bonchev–Trinajstić information content (AvgIpc) is 2.09. The van der Waals surface area contributed by atoms with Gasteiger partial charge in [0.1, 0.15) is 0 Å². The SMILES string of the molecule is Cc1ccc(NCCC(F)(F)F)cc1Cl. The van der Waals surface area contributed by atoms with Crippen LogP contribution in [0.25, 0.3) is 0 Å². The number of hydrogen-bond acceptors (Lipinski definition) is 1. The van der Waals surface area contributed by atoms with Gasteiger partial charge in [0.2, 0.25) is 0 Å². The minimum absolute atomic E-state index is 0.136. The second-order valence-electron chi connectivity index (χ2n) is 3.26. The fourth-order valence-corrected chi connectivity index (χ4v) is 1.23. The monoisotopic (exact) mass is 237 g/mol. The van der Waals surface area contributed by atoms with Crippen LogP contribution in [0.15, 0.2) is 18.2 Å². The summed E-state index contributed by atoms with van der Waals surface area (Å²) in [6.07, 6.45) is -4.97. The van der Waals surface area contributed by atoms with Gasteiger partial charge in [-0.3, -0.25) is 0 Å². The van der Waals surface area contributed by atoms with Gasteiger partial charge in [0.25, 0.3) is 0 Å². The Hall–Kier alpha value is -0.900. The average molecular weight is 238 g/mol. The van der Waals surface area contributed by atoms with E-state index < -0.39 is 12.6 Å². The zero-order chi connectivity index (χ0) is 11.5. The van der Waals surface area contributed by atoms with E-state index in [-0.39, 0.29) is 6.54 Å². The number of alkyl halides is 3. The highest BCUT2D eigenvalue weighted by Gasteiger charge is 2.26. The number of nitrogens with one attached hydrogen (secondary N) is 1. The molecule has 1 rings (SSSR count). The van der Waals surface area contributed by atoms with Crippen LogP contribution in [-0.4, -0.2) is 12.7 Å². The van der Waals surface area contributed by atoms with Gasteiger partial charge >= 0.3 is 6.18 Å². The molecule has 0 fully saturated rings. The quantitative estimate of drug-likeness (QED) is 0.838. The zero-order valence-electron chi connectivity index (χ0n) is 8.16. The molecule has 0 saturated heterocycles. The van der Waals surface area contributed by atoms with Gasteiger partial charge in [-0.1, -0.05) is 17.7 Å². The lowest BCUT2D eigenvalue weighted by Gasteiger charge is -2.09. The van der Waals surface area contributed by atoms with Gasteiger partial charge in [0.15, 0.2) is 0 Å². The highest BCUT2D eigenvalue weighted by molar-refractivity contribution is 6.31. The van der Waals surface area contributed by atoms with Gasteiger partial charge in [-0.05, 0) is 24.6 Å². The Morgan fingerprint density at radius 1 is 1.33 bits per heavy atom. The predicted octanol–water partition coefficient (Wildman–Crippen LogP) is 4.01. The molecule has 0 aliphatic carbocycles. The smallest absolute Gasteiger partial charge is 0.385 e. The lowest BCUT2D eigenvalue weighted by molar-refractivity contribution is -0.131. The summed E-state index contributed by atoms with van der Waals surface area (Å²) in [6.45, 7) is 1.70. The molecule has 1 aromatic rings. The molecule has 0 aromatic heterocycles. The van der Waals surface area contributed by atoms with Crippen molar-refractivity contribution in [3.05, 3.63) is 28.8 Å². The molecule has 0 radical (unpaired) electrons. The molecule has 1 nitrogen and oxygen atoms in total. The number of hydrogen-bond donors (Lipinski definition) is 1. The van der Waals surface area contributed by atoms with Gasteiger partial charge in [0, 0.05) is 17.3 Å². The van der Waals surface area contributed by atoms with Gasteiger partial charge in [-0.25, -0.2) is 0 Å². The van der Waals surface area contributed by atoms with E-state index in [0.29, 0.717) is 10.7 Å². The fraction of sp³-hybridized carbons (Fsp3) is 0.400. The van der Waals surface area contributed by atoms with Crippen LogP contribution < -0.4 is 5.32 Å². The molecule has 1 aromatic carbocycles. The first-order chi connectivity index (χ1) is 6.88. The maximum atomic E-state index is 11.8. The number of halogens is 4. The molecule has 0 bridgehead atoms. The molecule has 0 heterocycles. The van der Waals surface area contributed by atoms with Crippen LogP contribution in [0.4, 0.5) is 18.9 Å². The normalized spacial score (nSPS) is 11.5. The van der Waals surface area contributed by atoms with Crippen molar-refractivity contribution in [1.82, 2.24) is 0 Å². The van der Waals surface area contributed by atoms with Crippen molar-refractivity contribution in [1.29, 1.82) is 0 Å². The molecule has 0 unspecified atom stereocenters. The van der Waals surface area contributed by atoms with E-state index >= 15 is 0 Å². The summed E-state index contributed by atoms with van der Waals surface area (Å²) < 4.78 is 35.5. The number of anilines is 1. The number of rotatable bonds is 3. The minimum atomic E-state index is -4.12. The molecular weight excluding hydrogens is 227 g/mol. The van der Waals surface area contributed by atoms with Crippen LogP contribution in [0.5, 0.6) is 0 Å². The van der Waals surface area contributed by atoms with Crippen LogP contribution in [0, 0.1) is 6.92 Å². The van der Waals surface area contributed by atoms with Crippen LogP contribution in [0.1, 0.15) is 12.0 Å². The predicted molar refractivity (Wildman–Crippen MR) is 55.4 cm³/mol. The maximum Gasteiger partial charge on any atom is 0.390 e. The molecule has 5 heteroatoms. The summed E-state index contributed by atoms with van der Waals surface area (Å²) in [4.78, 5) is 0. The van der Waals surface area contributed by atoms with Crippen LogP contribution in [0.2, 0.25) is 5.02 Å². The number of aryl methyl sites for hydroxylation is 1. The van der Waals surface area contributed by atoms with E-state index in [0.717, 1.165) is 5.56 Å². The van der Waals surface area contributed by atoms with E-state index in [1.807, 2.05) is 6.92 Å². The maximum absolute atomic E-state index is 11.8. The van der Waals surface area contributed by atoms with Gasteiger partial charge in [-0.2, -0.15) is 13.2 Å². The Bertz CT molecular complexity index is 336. The first kappa shape index (κ1) is 12.2. The summed E-state index contributed by atoms with van der Waals surface area (Å²) in [5.41, 5.74) is 1.51. The van der Waals surface area contributed by atoms with E-state index in [4.69, 9.17) is 11.6 Å². The Labute approximate surface area is 91.2 Å². The van der Waals surface area contributed by atoms with Gasteiger partial charge in [-0.15, -0.1) is 0 Å². The molecule has 84 valence electrons. The third-order valence-electron chi connectivity index (χ3n) is 1.91. The van der Waals surface area contributed by atoms with Gasteiger partial charge < -0.3 is 5.32 Å². The Balaban J connectivity index is 2.48. The fourth-order valence-electron chi connectivity index (χ4n) is 1.05. The minimum Gasteiger partial charge on any atom is -0.385 e. The van der Waals surface area contributed by atoms with E-state index in [1.165, 1.54) is 0 Å². The van der Waals surface area contributed by atoms with E-state index in [2.05, 4.69) is 5.32 Å². The first-order valence-corrected chi connectivity index (χ1v) is 4.83. The second-order valence-corrected chi connectivity index (χ2v) is 3.66. The molecule has 0 amide bonds. The van der Waals surface area contributed by atoms with E-state index in [1.54, 1.807) is 18.2 Å². The Kier molecular flexibility index (Phi) is 3.85. The molecule has 0 spiro atoms. The molecule has 1 N–H and O–H groups in total. The molecule has 0 aliphatic rings. The van der Waals surface area contributed by atoms with Crippen LogP contribution in [-0.2, 0) is 0 Å². The van der Waals surface area contributed by atoms with Crippen molar-refractivity contribution in [3.63, 3.8) is 0 Å². The summed E-state index contributed by atoms with van der Waals surface area (Å²) in [5, 5.41) is 3.21. The van der Waals surface area contributed by atoms with Crippen molar-refractivity contribution in [3.8, 4) is 0 Å². The van der Waals surface area contributed by atoms with Crippen molar-refractivity contribution in [2.75, 3.05) is 11.9 Å². The summed E-state index contributed by atoms with van der Waals surface area (Å²) >= 11 is 5.82. The Morgan fingerprint density at radius 3 is 2.53 bits per heavy atom. The second kappa shape index (κ2) is 4.75. The molecule has 0 saturated carbocycles. The topological polar surface area (TPSA) is 12.0 Å². The van der Waals surface area contributed by atoms with Crippen LogP contribution in [0.3, 0.4) is 0 Å². The first-order valence-electron chi connectivity index (χ1n) is 4.45. The highest BCUT2D eigenvalue weighted by Crippen LogP contribution is 2.22. The third-order valence-corrected chi connectivity index (χ3v) is 2.32.